The second-order valence-corrected chi connectivity index (χ2v) is 17.5. The number of benzene rings is 11. The van der Waals surface area contributed by atoms with Crippen LogP contribution in [0.1, 0.15) is 22.3 Å². The van der Waals surface area contributed by atoms with Crippen LogP contribution in [0.2, 0.25) is 0 Å². The standard InChI is InChI=1S/C65H43NO/c1-5-20-44(21-6-1)45-36-38-49(39-37-45)66(50-40-41-54-53-30-17-18-34-59(53)65(60(54)42-50,47-24-9-3-10-25-47)48-26-11-4-12-27-48)61-43-58-63-56(52-29-14-13-28-51(52)46-22-7-2-8-23-46)33-19-35-62(63)67-64(58)57-32-16-15-31-55(57)61/h1-43H. The van der Waals surface area contributed by atoms with E-state index in [-0.39, 0.29) is 0 Å². The van der Waals surface area contributed by atoms with Crippen LogP contribution in [-0.2, 0) is 5.41 Å². The van der Waals surface area contributed by atoms with Crippen LogP contribution in [0.3, 0.4) is 0 Å². The first kappa shape index (κ1) is 38.7. The maximum atomic E-state index is 6.99. The van der Waals surface area contributed by atoms with Crippen molar-refractivity contribution in [1.82, 2.24) is 0 Å². The molecule has 67 heavy (non-hydrogen) atoms. The Labute approximate surface area is 390 Å². The van der Waals surface area contributed by atoms with Crippen molar-refractivity contribution >= 4 is 49.8 Å². The molecule has 2 heteroatoms. The predicted molar refractivity (Wildman–Crippen MR) is 280 cm³/mol. The monoisotopic (exact) mass is 853 g/mol. The van der Waals surface area contributed by atoms with Crippen molar-refractivity contribution in [2.24, 2.45) is 0 Å². The summed E-state index contributed by atoms with van der Waals surface area (Å²) in [6.45, 7) is 0. The Morgan fingerprint density at radius 2 is 0.836 bits per heavy atom. The van der Waals surface area contributed by atoms with Gasteiger partial charge in [0.25, 0.3) is 0 Å². The maximum absolute atomic E-state index is 6.99. The molecule has 1 heterocycles. The molecule has 1 aromatic heterocycles. The SMILES string of the molecule is c1ccc(-c2ccc(N(c3ccc4c(c3)C(c3ccccc3)(c3ccccc3)c3ccccc3-4)c3cc4c(oc5cccc(-c6ccccc6-c6ccccc6)c54)c4ccccc34)cc2)cc1. The Balaban J connectivity index is 1.10. The first-order valence-electron chi connectivity index (χ1n) is 23.1. The van der Waals surface area contributed by atoms with Crippen molar-refractivity contribution in [3.8, 4) is 44.5 Å². The molecule has 0 spiro atoms. The Kier molecular flexibility index (Phi) is 9.11. The van der Waals surface area contributed by atoms with Crippen LogP contribution in [0.15, 0.2) is 265 Å². The molecule has 2 nitrogen and oxygen atoms in total. The highest BCUT2D eigenvalue weighted by atomic mass is 16.3. The van der Waals surface area contributed by atoms with Gasteiger partial charge in [0.1, 0.15) is 11.2 Å². The van der Waals surface area contributed by atoms with Gasteiger partial charge in [-0.15, -0.1) is 0 Å². The fourth-order valence-corrected chi connectivity index (χ4v) is 11.1. The van der Waals surface area contributed by atoms with Crippen LogP contribution >= 0.6 is 0 Å². The Morgan fingerprint density at radius 3 is 1.54 bits per heavy atom. The molecule has 314 valence electrons. The van der Waals surface area contributed by atoms with Gasteiger partial charge in [0.15, 0.2) is 0 Å². The molecule has 12 aromatic rings. The number of fused-ring (bicyclic) bond motifs is 8. The molecule has 0 amide bonds. The maximum Gasteiger partial charge on any atom is 0.143 e. The van der Waals surface area contributed by atoms with E-state index in [9.17, 15) is 0 Å². The lowest BCUT2D eigenvalue weighted by Crippen LogP contribution is -2.28. The zero-order valence-corrected chi connectivity index (χ0v) is 36.7. The first-order chi connectivity index (χ1) is 33.3. The summed E-state index contributed by atoms with van der Waals surface area (Å²) in [5.41, 5.74) is 19.0. The third kappa shape index (κ3) is 6.11. The number of rotatable bonds is 8. The van der Waals surface area contributed by atoms with E-state index in [2.05, 4.69) is 266 Å². The van der Waals surface area contributed by atoms with Gasteiger partial charge in [0.2, 0.25) is 0 Å². The summed E-state index contributed by atoms with van der Waals surface area (Å²) < 4.78 is 6.99. The number of anilines is 3. The topological polar surface area (TPSA) is 16.4 Å². The van der Waals surface area contributed by atoms with E-state index in [1.807, 2.05) is 0 Å². The molecule has 0 saturated heterocycles. The fourth-order valence-electron chi connectivity index (χ4n) is 11.1. The van der Waals surface area contributed by atoms with Gasteiger partial charge in [0, 0.05) is 32.9 Å². The van der Waals surface area contributed by atoms with Crippen molar-refractivity contribution in [3.05, 3.63) is 283 Å². The van der Waals surface area contributed by atoms with Gasteiger partial charge in [-0.3, -0.25) is 0 Å². The molecule has 0 fully saturated rings. The highest BCUT2D eigenvalue weighted by Crippen LogP contribution is 2.58. The Bertz CT molecular complexity index is 3740. The molecule has 0 saturated carbocycles. The highest BCUT2D eigenvalue weighted by molar-refractivity contribution is 6.23. The summed E-state index contributed by atoms with van der Waals surface area (Å²) in [7, 11) is 0. The van der Waals surface area contributed by atoms with E-state index in [1.54, 1.807) is 0 Å². The van der Waals surface area contributed by atoms with Crippen molar-refractivity contribution in [1.29, 1.82) is 0 Å². The molecule has 0 radical (unpaired) electrons. The van der Waals surface area contributed by atoms with E-state index in [0.717, 1.165) is 55.3 Å². The zero-order valence-electron chi connectivity index (χ0n) is 36.7. The average molecular weight is 854 g/mol. The van der Waals surface area contributed by atoms with Gasteiger partial charge in [-0.05, 0) is 103 Å². The molecule has 1 aliphatic carbocycles. The molecular formula is C65H43NO. The molecule has 0 unspecified atom stereocenters. The fraction of sp³-hybridized carbons (Fsp3) is 0.0154. The Hall–Kier alpha value is -8.72. The van der Waals surface area contributed by atoms with Crippen LogP contribution in [0.5, 0.6) is 0 Å². The van der Waals surface area contributed by atoms with E-state index in [0.29, 0.717) is 0 Å². The molecule has 13 rings (SSSR count). The third-order valence-corrected chi connectivity index (χ3v) is 14.0. The summed E-state index contributed by atoms with van der Waals surface area (Å²) in [5.74, 6) is 0. The first-order valence-corrected chi connectivity index (χ1v) is 23.1. The number of nitrogens with zero attached hydrogens (tertiary/aromatic N) is 1. The van der Waals surface area contributed by atoms with Crippen molar-refractivity contribution in [3.63, 3.8) is 0 Å². The molecule has 0 N–H and O–H groups in total. The van der Waals surface area contributed by atoms with Gasteiger partial charge in [-0.2, -0.15) is 0 Å². The summed E-state index contributed by atoms with van der Waals surface area (Å²) in [4.78, 5) is 2.47. The van der Waals surface area contributed by atoms with Gasteiger partial charge in [-0.1, -0.05) is 224 Å². The van der Waals surface area contributed by atoms with Gasteiger partial charge < -0.3 is 9.32 Å². The molecular weight excluding hydrogens is 811 g/mol. The summed E-state index contributed by atoms with van der Waals surface area (Å²) in [6.07, 6.45) is 0. The molecule has 1 aliphatic rings. The normalized spacial score (nSPS) is 12.6. The molecule has 0 atom stereocenters. The van der Waals surface area contributed by atoms with Crippen molar-refractivity contribution in [2.45, 2.75) is 5.41 Å². The van der Waals surface area contributed by atoms with E-state index in [4.69, 9.17) is 4.42 Å². The summed E-state index contributed by atoms with van der Waals surface area (Å²) in [6, 6.07) is 95.0. The lowest BCUT2D eigenvalue weighted by Gasteiger charge is -2.35. The van der Waals surface area contributed by atoms with E-state index < -0.39 is 5.41 Å². The Morgan fingerprint density at radius 1 is 0.313 bits per heavy atom. The molecule has 0 bridgehead atoms. The average Bonchev–Trinajstić information content (AvgIpc) is 3.94. The van der Waals surface area contributed by atoms with Crippen molar-refractivity contribution < 1.29 is 4.42 Å². The second-order valence-electron chi connectivity index (χ2n) is 17.5. The smallest absolute Gasteiger partial charge is 0.143 e. The highest BCUT2D eigenvalue weighted by Gasteiger charge is 2.46. The van der Waals surface area contributed by atoms with Crippen LogP contribution in [0.25, 0.3) is 77.2 Å². The van der Waals surface area contributed by atoms with Crippen LogP contribution in [0, 0.1) is 0 Å². The number of hydrogen-bond donors (Lipinski definition) is 0. The minimum atomic E-state index is -0.554. The van der Waals surface area contributed by atoms with Crippen molar-refractivity contribution in [2.75, 3.05) is 4.90 Å². The number of furan rings is 1. The summed E-state index contributed by atoms with van der Waals surface area (Å²) in [5, 5.41) is 4.35. The van der Waals surface area contributed by atoms with Gasteiger partial charge in [-0.25, -0.2) is 0 Å². The molecule has 11 aromatic carbocycles. The van der Waals surface area contributed by atoms with Gasteiger partial charge >= 0.3 is 0 Å². The summed E-state index contributed by atoms with van der Waals surface area (Å²) >= 11 is 0. The predicted octanol–water partition coefficient (Wildman–Crippen LogP) is 17.6. The van der Waals surface area contributed by atoms with E-state index in [1.165, 1.54) is 61.2 Å². The third-order valence-electron chi connectivity index (χ3n) is 14.0. The van der Waals surface area contributed by atoms with E-state index >= 15 is 0 Å². The number of hydrogen-bond acceptors (Lipinski definition) is 2. The van der Waals surface area contributed by atoms with Crippen LogP contribution in [0.4, 0.5) is 17.1 Å². The lowest BCUT2D eigenvalue weighted by atomic mass is 9.67. The van der Waals surface area contributed by atoms with Crippen LogP contribution in [-0.4, -0.2) is 0 Å². The van der Waals surface area contributed by atoms with Crippen LogP contribution < -0.4 is 4.90 Å². The molecule has 0 aliphatic heterocycles. The minimum Gasteiger partial charge on any atom is -0.455 e. The zero-order chi connectivity index (χ0) is 44.3. The van der Waals surface area contributed by atoms with Gasteiger partial charge in [0.05, 0.1) is 11.1 Å². The lowest BCUT2D eigenvalue weighted by molar-refractivity contribution is 0.673. The minimum absolute atomic E-state index is 0.554. The quantitative estimate of drug-likeness (QED) is 0.151. The second kappa shape index (κ2) is 15.8. The largest absolute Gasteiger partial charge is 0.455 e.